The number of fused-ring (bicyclic) bond motifs is 5. The van der Waals surface area contributed by atoms with Gasteiger partial charge in [0.25, 0.3) is 5.91 Å². The zero-order chi connectivity index (χ0) is 37.0. The highest BCUT2D eigenvalue weighted by molar-refractivity contribution is 7.90. The van der Waals surface area contributed by atoms with Crippen LogP contribution in [0.5, 0.6) is 5.75 Å². The predicted octanol–water partition coefficient (Wildman–Crippen LogP) is 6.44. The molecule has 53 heavy (non-hydrogen) atoms. The van der Waals surface area contributed by atoms with E-state index in [9.17, 15) is 13.2 Å². The van der Waals surface area contributed by atoms with Crippen molar-refractivity contribution in [1.29, 1.82) is 0 Å². The van der Waals surface area contributed by atoms with Gasteiger partial charge in [-0.3, -0.25) is 14.6 Å². The van der Waals surface area contributed by atoms with E-state index in [0.717, 1.165) is 87.8 Å². The third kappa shape index (κ3) is 7.16. The maximum atomic E-state index is 13.7. The van der Waals surface area contributed by atoms with Crippen molar-refractivity contribution in [2.75, 3.05) is 64.4 Å². The molecule has 2 saturated heterocycles. The van der Waals surface area contributed by atoms with Gasteiger partial charge in [0.15, 0.2) is 0 Å². The van der Waals surface area contributed by atoms with Crippen LogP contribution in [0.15, 0.2) is 48.6 Å². The molecule has 288 valence electrons. The number of rotatable bonds is 3. The second kappa shape index (κ2) is 14.8. The average molecular weight is 765 g/mol. The normalized spacial score (nSPS) is 35.4. The molecule has 0 radical (unpaired) electrons. The van der Waals surface area contributed by atoms with Gasteiger partial charge in [-0.05, 0) is 124 Å². The summed E-state index contributed by atoms with van der Waals surface area (Å²) in [6.45, 7) is 10.9. The van der Waals surface area contributed by atoms with Crippen LogP contribution in [0.2, 0.25) is 5.02 Å². The van der Waals surface area contributed by atoms with E-state index < -0.39 is 26.8 Å². The number of nitrogens with one attached hydrogen (secondary N) is 1. The number of hydrogen-bond acceptors (Lipinski definition) is 8. The molecule has 2 bridgehead atoms. The third-order valence-electron chi connectivity index (χ3n) is 14.0. The minimum Gasteiger partial charge on any atom is -0.490 e. The lowest BCUT2D eigenvalue weighted by molar-refractivity contribution is -0.100. The van der Waals surface area contributed by atoms with E-state index in [-0.39, 0.29) is 17.3 Å². The van der Waals surface area contributed by atoms with Gasteiger partial charge in [0.2, 0.25) is 10.0 Å². The van der Waals surface area contributed by atoms with E-state index in [1.165, 1.54) is 36.9 Å². The number of anilines is 1. The fourth-order valence-electron chi connectivity index (χ4n) is 10.5. The number of piperazine rings is 1. The van der Waals surface area contributed by atoms with Crippen LogP contribution in [0.4, 0.5) is 5.69 Å². The molecule has 4 aliphatic heterocycles. The first-order chi connectivity index (χ1) is 25.5. The SMILES string of the molecule is CO[C@]1(CN2CCN3CCCC[C@H]3C2)/C=C/C[C@H](C)[C@@H](C)S(=O)(=O)NC(=O)c2ccc3c(c2)N(C[C@@H]2CC[C@H]21)C[C@@]1(CCCc2cc(Cl)ccc21)CO3. The molecule has 1 amide bonds. The van der Waals surface area contributed by atoms with Crippen molar-refractivity contribution in [3.63, 3.8) is 0 Å². The number of sulfonamides is 1. The highest BCUT2D eigenvalue weighted by Crippen LogP contribution is 2.49. The lowest BCUT2D eigenvalue weighted by atomic mass is 9.63. The number of aryl methyl sites for hydroxylation is 1. The minimum atomic E-state index is -3.95. The van der Waals surface area contributed by atoms with Gasteiger partial charge < -0.3 is 14.4 Å². The second-order valence-electron chi connectivity index (χ2n) is 17.1. The van der Waals surface area contributed by atoms with Crippen molar-refractivity contribution >= 4 is 33.2 Å². The number of methoxy groups -OCH3 is 1. The molecule has 9 nitrogen and oxygen atoms in total. The first kappa shape index (κ1) is 37.3. The van der Waals surface area contributed by atoms with E-state index in [2.05, 4.69) is 43.7 Å². The van der Waals surface area contributed by atoms with Crippen molar-refractivity contribution in [3.8, 4) is 5.75 Å². The fourth-order valence-corrected chi connectivity index (χ4v) is 12.0. The topological polar surface area (TPSA) is 91.4 Å². The smallest absolute Gasteiger partial charge is 0.264 e. The molecule has 2 aromatic carbocycles. The van der Waals surface area contributed by atoms with Gasteiger partial charge >= 0.3 is 0 Å². The standard InChI is InChI=1S/C42H57ClN4O5S/c1-29-8-6-18-42(51-3,27-45-20-21-46-19-5-4-10-35(46)25-45)37-14-11-33(37)24-47-26-41(17-7-9-31-22-34(43)13-15-36(31)41)28-52-39-16-12-32(23-38(39)47)40(48)44-53(49,50)30(29)2/h6,12-13,15-16,18,22-23,29-30,33,35,37H,4-5,7-11,14,17,19-21,24-28H2,1-3H3,(H,44,48)/b18-6+/t29-,30+,33-,35-,37+,41-,42-/m0/s1. The van der Waals surface area contributed by atoms with Gasteiger partial charge in [-0.15, -0.1) is 0 Å². The van der Waals surface area contributed by atoms with Gasteiger partial charge in [0, 0.05) is 68.4 Å². The van der Waals surface area contributed by atoms with Gasteiger partial charge in [-0.1, -0.05) is 43.2 Å². The summed E-state index contributed by atoms with van der Waals surface area (Å²) in [5.74, 6) is 0.551. The molecule has 7 atom stereocenters. The van der Waals surface area contributed by atoms with E-state index in [1.54, 1.807) is 13.0 Å². The Kier molecular flexibility index (Phi) is 10.4. The summed E-state index contributed by atoms with van der Waals surface area (Å²) < 4.78 is 43.2. The molecular formula is C42H57ClN4O5S. The average Bonchev–Trinajstić information content (AvgIpc) is 3.28. The predicted molar refractivity (Wildman–Crippen MR) is 211 cm³/mol. The lowest BCUT2D eigenvalue weighted by Gasteiger charge is -2.53. The zero-order valence-corrected chi connectivity index (χ0v) is 33.3. The molecule has 0 unspecified atom stereocenters. The number of amides is 1. The van der Waals surface area contributed by atoms with Crippen LogP contribution >= 0.6 is 11.6 Å². The van der Waals surface area contributed by atoms with E-state index in [0.29, 0.717) is 30.6 Å². The third-order valence-corrected chi connectivity index (χ3v) is 16.2. The second-order valence-corrected chi connectivity index (χ2v) is 19.6. The fraction of sp³-hybridized carbons (Fsp3) is 0.643. The summed E-state index contributed by atoms with van der Waals surface area (Å²) in [5.41, 5.74) is 2.97. The molecule has 3 fully saturated rings. The Balaban J connectivity index is 1.19. The summed E-state index contributed by atoms with van der Waals surface area (Å²) in [6.07, 6.45) is 14.1. The van der Waals surface area contributed by atoms with Gasteiger partial charge in [-0.25, -0.2) is 13.1 Å². The minimum absolute atomic E-state index is 0.206. The summed E-state index contributed by atoms with van der Waals surface area (Å²) in [6, 6.07) is 12.3. The van der Waals surface area contributed by atoms with Crippen LogP contribution < -0.4 is 14.4 Å². The van der Waals surface area contributed by atoms with Crippen LogP contribution in [0.25, 0.3) is 0 Å². The zero-order valence-electron chi connectivity index (χ0n) is 31.7. The number of halogens is 1. The molecule has 1 saturated carbocycles. The Morgan fingerprint density at radius 3 is 2.70 bits per heavy atom. The Labute approximate surface area is 321 Å². The summed E-state index contributed by atoms with van der Waals surface area (Å²) in [7, 11) is -2.07. The number of allylic oxidation sites excluding steroid dienone is 1. The number of carbonyl (C=O) groups excluding carboxylic acids is 1. The van der Waals surface area contributed by atoms with Crippen molar-refractivity contribution in [3.05, 3.63) is 70.3 Å². The molecule has 4 heterocycles. The van der Waals surface area contributed by atoms with E-state index in [4.69, 9.17) is 21.1 Å². The first-order valence-corrected chi connectivity index (χ1v) is 22.0. The molecular weight excluding hydrogens is 708 g/mol. The van der Waals surface area contributed by atoms with Crippen LogP contribution in [0.1, 0.15) is 86.7 Å². The maximum Gasteiger partial charge on any atom is 0.264 e. The molecule has 2 aliphatic carbocycles. The number of hydrogen-bond donors (Lipinski definition) is 1. The maximum absolute atomic E-state index is 13.7. The van der Waals surface area contributed by atoms with E-state index in [1.807, 2.05) is 32.2 Å². The largest absolute Gasteiger partial charge is 0.490 e. The van der Waals surface area contributed by atoms with Crippen molar-refractivity contribution in [2.24, 2.45) is 17.8 Å². The first-order valence-electron chi connectivity index (χ1n) is 20.1. The molecule has 2 aromatic rings. The molecule has 6 aliphatic rings. The summed E-state index contributed by atoms with van der Waals surface area (Å²) in [4.78, 5) is 21.4. The van der Waals surface area contributed by atoms with Crippen LogP contribution in [-0.4, -0.2) is 101 Å². The van der Waals surface area contributed by atoms with E-state index >= 15 is 0 Å². The Hall–Kier alpha value is -2.63. The number of ether oxygens (including phenoxy) is 2. The van der Waals surface area contributed by atoms with Crippen LogP contribution in [-0.2, 0) is 26.6 Å². The lowest BCUT2D eigenvalue weighted by Crippen LogP contribution is -2.61. The summed E-state index contributed by atoms with van der Waals surface area (Å²) >= 11 is 6.51. The molecule has 11 heteroatoms. The number of piperidine rings is 1. The number of nitrogens with zero attached hydrogens (tertiary/aromatic N) is 3. The van der Waals surface area contributed by atoms with Crippen molar-refractivity contribution in [1.82, 2.24) is 14.5 Å². The van der Waals surface area contributed by atoms with Crippen LogP contribution in [0, 0.1) is 17.8 Å². The highest BCUT2D eigenvalue weighted by Gasteiger charge is 2.50. The molecule has 1 spiro atoms. The monoisotopic (exact) mass is 764 g/mol. The van der Waals surface area contributed by atoms with Crippen molar-refractivity contribution in [2.45, 2.75) is 93.9 Å². The Morgan fingerprint density at radius 1 is 1.02 bits per heavy atom. The Bertz CT molecular complexity index is 1840. The number of benzene rings is 2. The highest BCUT2D eigenvalue weighted by atomic mass is 35.5. The quantitative estimate of drug-likeness (QED) is 0.358. The molecule has 0 aromatic heterocycles. The van der Waals surface area contributed by atoms with Gasteiger partial charge in [0.05, 0.1) is 17.5 Å². The molecule has 8 rings (SSSR count). The van der Waals surface area contributed by atoms with Crippen LogP contribution in [0.3, 0.4) is 0 Å². The van der Waals surface area contributed by atoms with Gasteiger partial charge in [0.1, 0.15) is 11.4 Å². The number of carbonyl (C=O) groups is 1. The summed E-state index contributed by atoms with van der Waals surface area (Å²) in [5, 5.41) is -0.0127. The Morgan fingerprint density at radius 2 is 1.89 bits per heavy atom. The molecule has 1 N–H and O–H groups in total. The van der Waals surface area contributed by atoms with Gasteiger partial charge in [-0.2, -0.15) is 0 Å². The van der Waals surface area contributed by atoms with Crippen molar-refractivity contribution < 1.29 is 22.7 Å².